The van der Waals surface area contributed by atoms with Crippen molar-refractivity contribution in [2.45, 2.75) is 0 Å². The highest BCUT2D eigenvalue weighted by molar-refractivity contribution is 5.90. The summed E-state index contributed by atoms with van der Waals surface area (Å²) < 4.78 is 15.6. The van der Waals surface area contributed by atoms with Crippen LogP contribution in [-0.4, -0.2) is 43.0 Å². The third-order valence-electron chi connectivity index (χ3n) is 3.75. The SMILES string of the molecule is C=CCOC(=O)Nc1cnc2[nH]c(-c3cccc(OCCOC)c3)cc2c1. The van der Waals surface area contributed by atoms with Gasteiger partial charge in [0.2, 0.25) is 0 Å². The third kappa shape index (κ3) is 4.86. The Bertz CT molecular complexity index is 936. The first-order valence-electron chi connectivity index (χ1n) is 8.45. The molecule has 2 N–H and O–H groups in total. The van der Waals surface area contributed by atoms with Crippen LogP contribution in [0.5, 0.6) is 5.75 Å². The smallest absolute Gasteiger partial charge is 0.411 e. The van der Waals surface area contributed by atoms with Crippen molar-refractivity contribution in [3.05, 3.63) is 55.3 Å². The Morgan fingerprint density at radius 2 is 2.19 bits per heavy atom. The van der Waals surface area contributed by atoms with Gasteiger partial charge in [-0.1, -0.05) is 24.8 Å². The number of aromatic nitrogens is 2. The van der Waals surface area contributed by atoms with E-state index in [0.717, 1.165) is 28.0 Å². The number of fused-ring (bicyclic) bond motifs is 1. The molecular weight excluding hydrogens is 346 g/mol. The molecule has 0 aliphatic heterocycles. The van der Waals surface area contributed by atoms with Gasteiger partial charge in [0.1, 0.15) is 24.6 Å². The van der Waals surface area contributed by atoms with Crippen LogP contribution in [0.4, 0.5) is 10.5 Å². The predicted octanol–water partition coefficient (Wildman–Crippen LogP) is 3.99. The molecule has 7 nitrogen and oxygen atoms in total. The summed E-state index contributed by atoms with van der Waals surface area (Å²) in [5.41, 5.74) is 3.16. The van der Waals surface area contributed by atoms with E-state index in [0.29, 0.717) is 18.9 Å². The molecule has 140 valence electrons. The number of pyridine rings is 1. The number of methoxy groups -OCH3 is 1. The van der Waals surface area contributed by atoms with E-state index in [-0.39, 0.29) is 6.61 Å². The minimum absolute atomic E-state index is 0.151. The number of nitrogens with zero attached hydrogens (tertiary/aromatic N) is 1. The Morgan fingerprint density at radius 1 is 1.30 bits per heavy atom. The number of hydrogen-bond acceptors (Lipinski definition) is 5. The van der Waals surface area contributed by atoms with E-state index in [9.17, 15) is 4.79 Å². The fourth-order valence-corrected chi connectivity index (χ4v) is 2.52. The van der Waals surface area contributed by atoms with Crippen LogP contribution < -0.4 is 10.1 Å². The lowest BCUT2D eigenvalue weighted by Crippen LogP contribution is -2.13. The first kappa shape index (κ1) is 18.5. The molecule has 0 saturated carbocycles. The molecule has 3 rings (SSSR count). The zero-order valence-electron chi connectivity index (χ0n) is 15.0. The van der Waals surface area contributed by atoms with Gasteiger partial charge in [-0.05, 0) is 24.3 Å². The molecule has 0 spiro atoms. The van der Waals surface area contributed by atoms with Crippen molar-refractivity contribution in [1.29, 1.82) is 0 Å². The summed E-state index contributed by atoms with van der Waals surface area (Å²) in [6.07, 6.45) is 2.53. The normalized spacial score (nSPS) is 10.6. The summed E-state index contributed by atoms with van der Waals surface area (Å²) in [6, 6.07) is 11.6. The van der Waals surface area contributed by atoms with Crippen molar-refractivity contribution in [2.75, 3.05) is 32.2 Å². The monoisotopic (exact) mass is 367 g/mol. The average Bonchev–Trinajstić information content (AvgIpc) is 3.10. The minimum atomic E-state index is -0.548. The summed E-state index contributed by atoms with van der Waals surface area (Å²) in [7, 11) is 1.64. The molecule has 0 radical (unpaired) electrons. The molecule has 0 atom stereocenters. The lowest BCUT2D eigenvalue weighted by molar-refractivity contribution is 0.146. The van der Waals surface area contributed by atoms with Crippen molar-refractivity contribution in [3.8, 4) is 17.0 Å². The van der Waals surface area contributed by atoms with Crippen LogP contribution in [-0.2, 0) is 9.47 Å². The van der Waals surface area contributed by atoms with Crippen molar-refractivity contribution < 1.29 is 19.0 Å². The van der Waals surface area contributed by atoms with Gasteiger partial charge in [0.25, 0.3) is 0 Å². The number of nitrogens with one attached hydrogen (secondary N) is 2. The number of rotatable bonds is 8. The number of anilines is 1. The maximum absolute atomic E-state index is 11.6. The molecule has 0 saturated heterocycles. The van der Waals surface area contributed by atoms with Crippen molar-refractivity contribution in [3.63, 3.8) is 0 Å². The zero-order valence-corrected chi connectivity index (χ0v) is 15.0. The quantitative estimate of drug-likeness (QED) is 0.464. The molecular formula is C20H21N3O4. The molecule has 0 aliphatic rings. The number of carbonyl (C=O) groups excluding carboxylic acids is 1. The van der Waals surface area contributed by atoms with Crippen LogP contribution in [0.2, 0.25) is 0 Å². The lowest BCUT2D eigenvalue weighted by Gasteiger charge is -2.06. The Labute approximate surface area is 157 Å². The highest BCUT2D eigenvalue weighted by atomic mass is 16.5. The molecule has 0 aliphatic carbocycles. The maximum Gasteiger partial charge on any atom is 0.411 e. The minimum Gasteiger partial charge on any atom is -0.491 e. The summed E-state index contributed by atoms with van der Waals surface area (Å²) >= 11 is 0. The van der Waals surface area contributed by atoms with E-state index >= 15 is 0 Å². The van der Waals surface area contributed by atoms with Gasteiger partial charge in [-0.15, -0.1) is 0 Å². The molecule has 0 unspecified atom stereocenters. The van der Waals surface area contributed by atoms with E-state index in [1.165, 1.54) is 6.08 Å². The fourth-order valence-electron chi connectivity index (χ4n) is 2.52. The summed E-state index contributed by atoms with van der Waals surface area (Å²) in [6.45, 7) is 4.68. The Hall–Kier alpha value is -3.32. The first-order chi connectivity index (χ1) is 13.2. The van der Waals surface area contributed by atoms with Crippen molar-refractivity contribution in [1.82, 2.24) is 9.97 Å². The van der Waals surface area contributed by atoms with E-state index < -0.39 is 6.09 Å². The Balaban J connectivity index is 1.77. The lowest BCUT2D eigenvalue weighted by atomic mass is 10.1. The second kappa shape index (κ2) is 8.86. The fraction of sp³-hybridized carbons (Fsp3) is 0.200. The Kier molecular flexibility index (Phi) is 6.06. The standard InChI is InChI=1S/C20H21N3O4/c1-3-7-27-20(24)22-16-10-15-12-18(23-19(15)21-13-16)14-5-4-6-17(11-14)26-9-8-25-2/h3-6,10-13H,1,7-9H2,2H3,(H,21,23)(H,22,24). The number of carbonyl (C=O) groups is 1. The van der Waals surface area contributed by atoms with Gasteiger partial charge in [-0.25, -0.2) is 9.78 Å². The van der Waals surface area contributed by atoms with Gasteiger partial charge in [-0.2, -0.15) is 0 Å². The number of amides is 1. The second-order valence-electron chi connectivity index (χ2n) is 5.73. The third-order valence-corrected chi connectivity index (χ3v) is 3.75. The number of aromatic amines is 1. The molecule has 0 fully saturated rings. The molecule has 27 heavy (non-hydrogen) atoms. The van der Waals surface area contributed by atoms with E-state index in [4.69, 9.17) is 14.2 Å². The van der Waals surface area contributed by atoms with E-state index in [1.807, 2.05) is 36.4 Å². The van der Waals surface area contributed by atoms with Crippen molar-refractivity contribution >= 4 is 22.8 Å². The molecule has 3 aromatic rings. The highest BCUT2D eigenvalue weighted by Crippen LogP contribution is 2.27. The van der Waals surface area contributed by atoms with Gasteiger partial charge < -0.3 is 19.2 Å². The van der Waals surface area contributed by atoms with Crippen LogP contribution in [0.1, 0.15) is 0 Å². The summed E-state index contributed by atoms with van der Waals surface area (Å²) in [5, 5.41) is 3.51. The van der Waals surface area contributed by atoms with Gasteiger partial charge in [0.05, 0.1) is 18.5 Å². The first-order valence-corrected chi connectivity index (χ1v) is 8.45. The molecule has 0 bridgehead atoms. The van der Waals surface area contributed by atoms with Crippen LogP contribution in [0.25, 0.3) is 22.3 Å². The summed E-state index contributed by atoms with van der Waals surface area (Å²) in [4.78, 5) is 19.3. The maximum atomic E-state index is 11.6. The van der Waals surface area contributed by atoms with Gasteiger partial charge in [0.15, 0.2) is 0 Å². The number of hydrogen-bond donors (Lipinski definition) is 2. The van der Waals surface area contributed by atoms with Gasteiger partial charge >= 0.3 is 6.09 Å². The number of benzene rings is 1. The second-order valence-corrected chi connectivity index (χ2v) is 5.73. The largest absolute Gasteiger partial charge is 0.491 e. The average molecular weight is 367 g/mol. The molecule has 1 amide bonds. The summed E-state index contributed by atoms with van der Waals surface area (Å²) in [5.74, 6) is 0.767. The zero-order chi connectivity index (χ0) is 19.1. The topological polar surface area (TPSA) is 85.5 Å². The molecule has 2 aromatic heterocycles. The van der Waals surface area contributed by atoms with Gasteiger partial charge in [-0.3, -0.25) is 5.32 Å². The van der Waals surface area contributed by atoms with Gasteiger partial charge in [0, 0.05) is 23.8 Å². The van der Waals surface area contributed by atoms with E-state index in [2.05, 4.69) is 21.9 Å². The van der Waals surface area contributed by atoms with E-state index in [1.54, 1.807) is 13.3 Å². The molecule has 7 heteroatoms. The van der Waals surface area contributed by atoms with Crippen molar-refractivity contribution in [2.24, 2.45) is 0 Å². The Morgan fingerprint density at radius 3 is 3.00 bits per heavy atom. The highest BCUT2D eigenvalue weighted by Gasteiger charge is 2.08. The number of H-pyrrole nitrogens is 1. The van der Waals surface area contributed by atoms with Crippen LogP contribution >= 0.6 is 0 Å². The predicted molar refractivity (Wildman–Crippen MR) is 104 cm³/mol. The molecule has 1 aromatic carbocycles. The molecule has 2 heterocycles. The van der Waals surface area contributed by atoms with Crippen LogP contribution in [0.3, 0.4) is 0 Å². The van der Waals surface area contributed by atoms with Crippen LogP contribution in [0.15, 0.2) is 55.3 Å². The van der Waals surface area contributed by atoms with Crippen LogP contribution in [0, 0.1) is 0 Å². The number of ether oxygens (including phenoxy) is 3.